The predicted molar refractivity (Wildman–Crippen MR) is 82.8 cm³/mol. The number of thiocarbonyl (C=S) groups is 1. The van der Waals surface area contributed by atoms with Crippen LogP contribution in [0.3, 0.4) is 0 Å². The third-order valence-corrected chi connectivity index (χ3v) is 3.18. The molecule has 1 aromatic rings. The van der Waals surface area contributed by atoms with Gasteiger partial charge in [0, 0.05) is 13.1 Å². The molecule has 1 rings (SSSR count). The molecule has 100 valence electrons. The van der Waals surface area contributed by atoms with Crippen molar-refractivity contribution >= 4 is 17.3 Å². The highest BCUT2D eigenvalue weighted by molar-refractivity contribution is 7.80. The minimum atomic E-state index is 0.757. The zero-order valence-corrected chi connectivity index (χ0v) is 12.3. The molecular formula is C15H24N2S. The lowest BCUT2D eigenvalue weighted by Gasteiger charge is -2.10. The van der Waals surface area contributed by atoms with Crippen LogP contribution in [0, 0.1) is 6.92 Å². The second-order valence-corrected chi connectivity index (χ2v) is 5.06. The molecule has 1 aromatic carbocycles. The van der Waals surface area contributed by atoms with Gasteiger partial charge in [0.05, 0.1) is 0 Å². The van der Waals surface area contributed by atoms with E-state index in [1.54, 1.807) is 0 Å². The van der Waals surface area contributed by atoms with Gasteiger partial charge in [0.15, 0.2) is 5.11 Å². The Bertz CT molecular complexity index is 346. The first-order valence-electron chi connectivity index (χ1n) is 6.79. The minimum absolute atomic E-state index is 0.757. The van der Waals surface area contributed by atoms with Crippen LogP contribution in [-0.2, 0) is 6.54 Å². The van der Waals surface area contributed by atoms with E-state index in [0.29, 0.717) is 0 Å². The molecule has 3 heteroatoms. The van der Waals surface area contributed by atoms with Gasteiger partial charge in [-0.3, -0.25) is 0 Å². The van der Waals surface area contributed by atoms with Crippen molar-refractivity contribution in [3.05, 3.63) is 35.4 Å². The molecule has 0 aromatic heterocycles. The average molecular weight is 264 g/mol. The maximum atomic E-state index is 5.23. The molecule has 0 amide bonds. The van der Waals surface area contributed by atoms with Crippen LogP contribution >= 0.6 is 12.2 Å². The van der Waals surface area contributed by atoms with Crippen molar-refractivity contribution in [2.45, 2.75) is 46.1 Å². The van der Waals surface area contributed by atoms with Gasteiger partial charge in [0.1, 0.15) is 0 Å². The Balaban J connectivity index is 2.11. The van der Waals surface area contributed by atoms with E-state index in [0.717, 1.165) is 18.2 Å². The van der Waals surface area contributed by atoms with E-state index in [4.69, 9.17) is 12.2 Å². The normalized spacial score (nSPS) is 10.1. The van der Waals surface area contributed by atoms with Gasteiger partial charge in [0.2, 0.25) is 0 Å². The molecule has 0 bridgehead atoms. The molecule has 0 unspecified atom stereocenters. The molecule has 0 heterocycles. The lowest BCUT2D eigenvalue weighted by molar-refractivity contribution is 0.650. The van der Waals surface area contributed by atoms with Crippen LogP contribution in [0.1, 0.15) is 43.7 Å². The Labute approximate surface area is 116 Å². The molecule has 0 saturated heterocycles. The molecular weight excluding hydrogens is 240 g/mol. The highest BCUT2D eigenvalue weighted by atomic mass is 32.1. The SMILES string of the molecule is CCCCCCNC(=S)NCc1ccc(C)cc1. The zero-order chi connectivity index (χ0) is 13.2. The van der Waals surface area contributed by atoms with Gasteiger partial charge in [-0.05, 0) is 31.1 Å². The summed E-state index contributed by atoms with van der Waals surface area (Å²) in [5, 5.41) is 7.23. The third-order valence-electron chi connectivity index (χ3n) is 2.89. The highest BCUT2D eigenvalue weighted by Gasteiger charge is 1.96. The number of nitrogens with one attached hydrogen (secondary N) is 2. The smallest absolute Gasteiger partial charge is 0.166 e. The summed E-state index contributed by atoms with van der Waals surface area (Å²) >= 11 is 5.23. The van der Waals surface area contributed by atoms with Crippen LogP contribution in [0.5, 0.6) is 0 Å². The quantitative estimate of drug-likeness (QED) is 0.582. The van der Waals surface area contributed by atoms with Crippen molar-refractivity contribution in [1.82, 2.24) is 10.6 Å². The Hall–Kier alpha value is -1.09. The number of benzene rings is 1. The van der Waals surface area contributed by atoms with Gasteiger partial charge in [-0.25, -0.2) is 0 Å². The fraction of sp³-hybridized carbons (Fsp3) is 0.533. The van der Waals surface area contributed by atoms with Crippen LogP contribution in [0.25, 0.3) is 0 Å². The van der Waals surface area contributed by atoms with Gasteiger partial charge in [-0.2, -0.15) is 0 Å². The van der Waals surface area contributed by atoms with E-state index >= 15 is 0 Å². The van der Waals surface area contributed by atoms with Gasteiger partial charge in [-0.1, -0.05) is 56.0 Å². The second-order valence-electron chi connectivity index (χ2n) is 4.66. The zero-order valence-electron chi connectivity index (χ0n) is 11.5. The Morgan fingerprint density at radius 1 is 1.06 bits per heavy atom. The number of hydrogen-bond donors (Lipinski definition) is 2. The molecule has 18 heavy (non-hydrogen) atoms. The summed E-state index contributed by atoms with van der Waals surface area (Å²) in [4.78, 5) is 0. The van der Waals surface area contributed by atoms with Gasteiger partial charge < -0.3 is 10.6 Å². The maximum absolute atomic E-state index is 5.23. The molecule has 2 nitrogen and oxygen atoms in total. The van der Waals surface area contributed by atoms with Crippen molar-refractivity contribution in [3.63, 3.8) is 0 Å². The first-order valence-corrected chi connectivity index (χ1v) is 7.20. The van der Waals surface area contributed by atoms with Crippen molar-refractivity contribution < 1.29 is 0 Å². The van der Waals surface area contributed by atoms with Gasteiger partial charge >= 0.3 is 0 Å². The summed E-state index contributed by atoms with van der Waals surface area (Å²) in [6, 6.07) is 8.51. The van der Waals surface area contributed by atoms with E-state index in [1.165, 1.54) is 36.8 Å². The number of aryl methyl sites for hydroxylation is 1. The van der Waals surface area contributed by atoms with Crippen molar-refractivity contribution in [1.29, 1.82) is 0 Å². The minimum Gasteiger partial charge on any atom is -0.363 e. The third kappa shape index (κ3) is 6.60. The summed E-state index contributed by atoms with van der Waals surface area (Å²) < 4.78 is 0. The summed E-state index contributed by atoms with van der Waals surface area (Å²) in [7, 11) is 0. The van der Waals surface area contributed by atoms with E-state index in [2.05, 4.69) is 48.7 Å². The molecule has 0 spiro atoms. The summed E-state index contributed by atoms with van der Waals surface area (Å²) in [6.07, 6.45) is 5.06. The molecule has 0 radical (unpaired) electrons. The fourth-order valence-electron chi connectivity index (χ4n) is 1.70. The Kier molecular flexibility index (Phi) is 7.42. The molecule has 2 N–H and O–H groups in total. The average Bonchev–Trinajstić information content (AvgIpc) is 2.38. The molecule has 0 aliphatic carbocycles. The highest BCUT2D eigenvalue weighted by Crippen LogP contribution is 2.02. The Morgan fingerprint density at radius 2 is 1.78 bits per heavy atom. The van der Waals surface area contributed by atoms with Crippen LogP contribution < -0.4 is 10.6 Å². The number of hydrogen-bond acceptors (Lipinski definition) is 1. The first kappa shape index (κ1) is 15.0. The van der Waals surface area contributed by atoms with E-state index in [-0.39, 0.29) is 0 Å². The van der Waals surface area contributed by atoms with Crippen molar-refractivity contribution in [2.24, 2.45) is 0 Å². The number of unbranched alkanes of at least 4 members (excludes halogenated alkanes) is 3. The van der Waals surface area contributed by atoms with Crippen molar-refractivity contribution in [2.75, 3.05) is 6.54 Å². The monoisotopic (exact) mass is 264 g/mol. The second kappa shape index (κ2) is 8.92. The molecule has 0 aliphatic heterocycles. The molecule has 0 saturated carbocycles. The van der Waals surface area contributed by atoms with Gasteiger partial charge in [-0.15, -0.1) is 0 Å². The first-order chi connectivity index (χ1) is 8.72. The predicted octanol–water partition coefficient (Wildman–Crippen LogP) is 3.54. The van der Waals surface area contributed by atoms with Gasteiger partial charge in [0.25, 0.3) is 0 Å². The fourth-order valence-corrected chi connectivity index (χ4v) is 1.88. The number of rotatable bonds is 7. The lowest BCUT2D eigenvalue weighted by atomic mass is 10.1. The molecule has 0 atom stereocenters. The van der Waals surface area contributed by atoms with Crippen LogP contribution in [0.15, 0.2) is 24.3 Å². The summed E-state index contributed by atoms with van der Waals surface area (Å²) in [5.41, 5.74) is 2.55. The molecule has 0 aliphatic rings. The van der Waals surface area contributed by atoms with Crippen LogP contribution in [0.4, 0.5) is 0 Å². The van der Waals surface area contributed by atoms with Crippen molar-refractivity contribution in [3.8, 4) is 0 Å². The molecule has 0 fully saturated rings. The summed E-state index contributed by atoms with van der Waals surface area (Å²) in [6.45, 7) is 6.09. The summed E-state index contributed by atoms with van der Waals surface area (Å²) in [5.74, 6) is 0. The topological polar surface area (TPSA) is 24.1 Å². The van der Waals surface area contributed by atoms with E-state index < -0.39 is 0 Å². The maximum Gasteiger partial charge on any atom is 0.166 e. The standard InChI is InChI=1S/C15H24N2S/c1-3-4-5-6-11-16-15(18)17-12-14-9-7-13(2)8-10-14/h7-10H,3-6,11-12H2,1-2H3,(H2,16,17,18). The Morgan fingerprint density at radius 3 is 2.44 bits per heavy atom. The lowest BCUT2D eigenvalue weighted by Crippen LogP contribution is -2.35. The largest absolute Gasteiger partial charge is 0.363 e. The van der Waals surface area contributed by atoms with E-state index in [9.17, 15) is 0 Å². The van der Waals surface area contributed by atoms with Crippen LogP contribution in [0.2, 0.25) is 0 Å². The van der Waals surface area contributed by atoms with E-state index in [1.807, 2.05) is 0 Å². The van der Waals surface area contributed by atoms with Crippen LogP contribution in [-0.4, -0.2) is 11.7 Å².